The molecule has 0 radical (unpaired) electrons. The van der Waals surface area contributed by atoms with Crippen molar-refractivity contribution >= 4 is 5.97 Å². The molecule has 1 aromatic carbocycles. The van der Waals surface area contributed by atoms with E-state index in [0.717, 1.165) is 32.4 Å². The van der Waals surface area contributed by atoms with Gasteiger partial charge in [0, 0.05) is 13.1 Å². The summed E-state index contributed by atoms with van der Waals surface area (Å²) in [6, 6.07) is 10.6. The number of carbonyl (C=O) groups is 1. The molecule has 3 heteroatoms. The first-order chi connectivity index (χ1) is 10.1. The van der Waals surface area contributed by atoms with E-state index in [-0.39, 0.29) is 5.92 Å². The normalized spacial score (nSPS) is 21.4. The smallest absolute Gasteiger partial charge is 0.307 e. The van der Waals surface area contributed by atoms with E-state index in [1.807, 2.05) is 0 Å². The number of rotatable bonds is 6. The number of benzene rings is 1. The maximum absolute atomic E-state index is 11.2. The molecular formula is C18H27NO2. The summed E-state index contributed by atoms with van der Waals surface area (Å²) in [6.45, 7) is 7.23. The summed E-state index contributed by atoms with van der Waals surface area (Å²) in [5.74, 6) is 0.322. The molecule has 1 heterocycles. The Bertz CT molecular complexity index is 444. The van der Waals surface area contributed by atoms with Gasteiger partial charge in [0.05, 0.1) is 5.92 Å². The molecule has 116 valence electrons. The Hall–Kier alpha value is -1.35. The third-order valence-electron chi connectivity index (χ3n) is 4.36. The lowest BCUT2D eigenvalue weighted by atomic mass is 9.88. The van der Waals surface area contributed by atoms with Crippen molar-refractivity contribution in [2.75, 3.05) is 19.6 Å². The molecule has 0 bridgehead atoms. The van der Waals surface area contributed by atoms with E-state index in [1.165, 1.54) is 5.56 Å². The molecular weight excluding hydrogens is 262 g/mol. The third-order valence-corrected chi connectivity index (χ3v) is 4.36. The molecule has 0 aliphatic carbocycles. The summed E-state index contributed by atoms with van der Waals surface area (Å²) < 4.78 is 0. The van der Waals surface area contributed by atoms with Gasteiger partial charge in [-0.2, -0.15) is 0 Å². The molecule has 0 aromatic heterocycles. The highest BCUT2D eigenvalue weighted by atomic mass is 16.4. The standard InChI is InChI=1S/C18H27NO2/c1-14(2)11-17(15-7-4-3-5-8-15)13-19-10-6-9-16(12-19)18(20)21/h3-5,7-8,14,16-17H,6,9-13H2,1-2H3,(H,20,21). The van der Waals surface area contributed by atoms with Gasteiger partial charge in [0.2, 0.25) is 0 Å². The van der Waals surface area contributed by atoms with E-state index in [9.17, 15) is 9.90 Å². The number of likely N-dealkylation sites (tertiary alicyclic amines) is 1. The Labute approximate surface area is 128 Å². The van der Waals surface area contributed by atoms with Crippen molar-refractivity contribution in [3.63, 3.8) is 0 Å². The first-order valence-electron chi connectivity index (χ1n) is 8.06. The van der Waals surface area contributed by atoms with Gasteiger partial charge in [-0.1, -0.05) is 44.2 Å². The lowest BCUT2D eigenvalue weighted by Gasteiger charge is -2.34. The number of hydrogen-bond donors (Lipinski definition) is 1. The Balaban J connectivity index is 2.03. The van der Waals surface area contributed by atoms with E-state index in [4.69, 9.17) is 0 Å². The average molecular weight is 289 g/mol. The van der Waals surface area contributed by atoms with Gasteiger partial charge in [-0.3, -0.25) is 4.79 Å². The summed E-state index contributed by atoms with van der Waals surface area (Å²) in [5, 5.41) is 9.23. The number of nitrogens with zero attached hydrogens (tertiary/aromatic N) is 1. The molecule has 2 rings (SSSR count). The second-order valence-corrected chi connectivity index (χ2v) is 6.67. The minimum absolute atomic E-state index is 0.186. The summed E-state index contributed by atoms with van der Waals surface area (Å²) in [4.78, 5) is 13.6. The Morgan fingerprint density at radius 3 is 2.67 bits per heavy atom. The Kier molecular flexibility index (Phi) is 5.80. The van der Waals surface area contributed by atoms with Gasteiger partial charge in [-0.15, -0.1) is 0 Å². The zero-order chi connectivity index (χ0) is 15.2. The SMILES string of the molecule is CC(C)CC(CN1CCCC(C(=O)O)C1)c1ccccc1. The van der Waals surface area contributed by atoms with E-state index in [0.29, 0.717) is 18.4 Å². The lowest BCUT2D eigenvalue weighted by Crippen LogP contribution is -2.40. The fourth-order valence-corrected chi connectivity index (χ4v) is 3.34. The van der Waals surface area contributed by atoms with Crippen molar-refractivity contribution in [1.29, 1.82) is 0 Å². The van der Waals surface area contributed by atoms with Crippen LogP contribution in [0.25, 0.3) is 0 Å². The molecule has 1 aliphatic rings. The number of hydrogen-bond acceptors (Lipinski definition) is 2. The zero-order valence-corrected chi connectivity index (χ0v) is 13.2. The predicted octanol–water partition coefficient (Wildman–Crippen LogP) is 3.61. The highest BCUT2D eigenvalue weighted by Gasteiger charge is 2.27. The molecule has 21 heavy (non-hydrogen) atoms. The Morgan fingerprint density at radius 1 is 1.33 bits per heavy atom. The minimum atomic E-state index is -0.639. The Morgan fingerprint density at radius 2 is 2.05 bits per heavy atom. The van der Waals surface area contributed by atoms with E-state index < -0.39 is 5.97 Å². The van der Waals surface area contributed by atoms with Crippen LogP contribution in [0.15, 0.2) is 30.3 Å². The predicted molar refractivity (Wildman–Crippen MR) is 85.4 cm³/mol. The van der Waals surface area contributed by atoms with Crippen molar-refractivity contribution < 1.29 is 9.90 Å². The maximum atomic E-state index is 11.2. The van der Waals surface area contributed by atoms with Crippen LogP contribution in [0.4, 0.5) is 0 Å². The van der Waals surface area contributed by atoms with E-state index in [1.54, 1.807) is 0 Å². The minimum Gasteiger partial charge on any atom is -0.481 e. The molecule has 1 aliphatic heterocycles. The molecule has 0 spiro atoms. The highest BCUT2D eigenvalue weighted by molar-refractivity contribution is 5.70. The third kappa shape index (κ3) is 4.85. The van der Waals surface area contributed by atoms with Crippen LogP contribution in [0, 0.1) is 11.8 Å². The van der Waals surface area contributed by atoms with Crippen LogP contribution in [0.3, 0.4) is 0 Å². The molecule has 1 aromatic rings. The van der Waals surface area contributed by atoms with Crippen LogP contribution in [-0.2, 0) is 4.79 Å². The first-order valence-corrected chi connectivity index (χ1v) is 8.06. The first kappa shape index (κ1) is 16.0. The van der Waals surface area contributed by atoms with Gasteiger partial charge < -0.3 is 10.0 Å². The quantitative estimate of drug-likeness (QED) is 0.869. The molecule has 1 fully saturated rings. The molecule has 3 nitrogen and oxygen atoms in total. The molecule has 0 saturated carbocycles. The monoisotopic (exact) mass is 289 g/mol. The summed E-state index contributed by atoms with van der Waals surface area (Å²) in [5.41, 5.74) is 1.38. The van der Waals surface area contributed by atoms with Crippen molar-refractivity contribution in [3.05, 3.63) is 35.9 Å². The lowest BCUT2D eigenvalue weighted by molar-refractivity contribution is -0.143. The fourth-order valence-electron chi connectivity index (χ4n) is 3.34. The molecule has 0 amide bonds. The number of carboxylic acids is 1. The van der Waals surface area contributed by atoms with Gasteiger partial charge in [0.1, 0.15) is 0 Å². The van der Waals surface area contributed by atoms with Crippen molar-refractivity contribution in [3.8, 4) is 0 Å². The van der Waals surface area contributed by atoms with Crippen LogP contribution in [0.1, 0.15) is 44.6 Å². The van der Waals surface area contributed by atoms with Crippen LogP contribution in [-0.4, -0.2) is 35.6 Å². The topological polar surface area (TPSA) is 40.5 Å². The molecule has 1 N–H and O–H groups in total. The molecule has 1 saturated heterocycles. The summed E-state index contributed by atoms with van der Waals surface area (Å²) in [6.07, 6.45) is 2.98. The van der Waals surface area contributed by atoms with Crippen molar-refractivity contribution in [2.45, 2.75) is 39.0 Å². The zero-order valence-electron chi connectivity index (χ0n) is 13.2. The fraction of sp³-hybridized carbons (Fsp3) is 0.611. The largest absolute Gasteiger partial charge is 0.481 e. The van der Waals surface area contributed by atoms with E-state index in [2.05, 4.69) is 49.1 Å². The van der Waals surface area contributed by atoms with Crippen LogP contribution in [0.2, 0.25) is 0 Å². The van der Waals surface area contributed by atoms with Gasteiger partial charge in [0.15, 0.2) is 0 Å². The van der Waals surface area contributed by atoms with Crippen molar-refractivity contribution in [1.82, 2.24) is 4.90 Å². The highest BCUT2D eigenvalue weighted by Crippen LogP contribution is 2.27. The second kappa shape index (κ2) is 7.60. The number of aliphatic carboxylic acids is 1. The van der Waals surface area contributed by atoms with Crippen LogP contribution < -0.4 is 0 Å². The van der Waals surface area contributed by atoms with Crippen LogP contribution in [0.5, 0.6) is 0 Å². The number of piperidine rings is 1. The number of carboxylic acid groups (broad SMARTS) is 1. The maximum Gasteiger partial charge on any atom is 0.307 e. The van der Waals surface area contributed by atoms with Gasteiger partial charge >= 0.3 is 5.97 Å². The van der Waals surface area contributed by atoms with Gasteiger partial charge in [0.25, 0.3) is 0 Å². The summed E-state index contributed by atoms with van der Waals surface area (Å²) in [7, 11) is 0. The second-order valence-electron chi connectivity index (χ2n) is 6.67. The summed E-state index contributed by atoms with van der Waals surface area (Å²) >= 11 is 0. The van der Waals surface area contributed by atoms with Gasteiger partial charge in [-0.05, 0) is 43.2 Å². The molecule has 2 atom stereocenters. The van der Waals surface area contributed by atoms with E-state index >= 15 is 0 Å². The average Bonchev–Trinajstić information content (AvgIpc) is 2.47. The van der Waals surface area contributed by atoms with Crippen LogP contribution >= 0.6 is 0 Å². The van der Waals surface area contributed by atoms with Gasteiger partial charge in [-0.25, -0.2) is 0 Å². The van der Waals surface area contributed by atoms with Crippen molar-refractivity contribution in [2.24, 2.45) is 11.8 Å². The molecule has 2 unspecified atom stereocenters.